The molecule has 0 aliphatic carbocycles. The Hall–Kier alpha value is -1.76. The first kappa shape index (κ1) is 15.6. The molecule has 1 aromatic rings. The Kier molecular flexibility index (Phi) is 4.72. The zero-order valence-electron chi connectivity index (χ0n) is 12.0. The summed E-state index contributed by atoms with van der Waals surface area (Å²) in [4.78, 5) is 11.9. The second-order valence-electron chi connectivity index (χ2n) is 5.18. The highest BCUT2D eigenvalue weighted by atomic mass is 32.2. The van der Waals surface area contributed by atoms with Crippen molar-refractivity contribution < 1.29 is 17.9 Å². The maximum Gasteiger partial charge on any atom is 0.340 e. The Morgan fingerprint density at radius 1 is 1.48 bits per heavy atom. The first-order valence-corrected chi connectivity index (χ1v) is 8.74. The fraction of sp³-hybridized carbons (Fsp3) is 0.500. The number of carbonyl (C=O) groups excluding carboxylic acids is 1. The minimum atomic E-state index is -2.89. The number of nitrogen functional groups attached to an aromatic ring is 1. The molecule has 1 unspecified atom stereocenters. The molecule has 0 bridgehead atoms. The zero-order valence-corrected chi connectivity index (χ0v) is 12.8. The number of esters is 1. The van der Waals surface area contributed by atoms with Gasteiger partial charge in [0.05, 0.1) is 23.7 Å². The second kappa shape index (κ2) is 6.34. The van der Waals surface area contributed by atoms with Crippen LogP contribution in [0.5, 0.6) is 0 Å². The number of anilines is 2. The van der Waals surface area contributed by atoms with Crippen LogP contribution in [0.2, 0.25) is 0 Å². The fourth-order valence-corrected chi connectivity index (χ4v) is 4.24. The molecule has 1 saturated heterocycles. The van der Waals surface area contributed by atoms with E-state index in [1.807, 2.05) is 0 Å². The van der Waals surface area contributed by atoms with E-state index in [2.05, 4.69) is 5.32 Å². The topological polar surface area (TPSA) is 98.5 Å². The van der Waals surface area contributed by atoms with Gasteiger partial charge in [-0.25, -0.2) is 13.2 Å². The third-order valence-corrected chi connectivity index (χ3v) is 5.28. The summed E-state index contributed by atoms with van der Waals surface area (Å²) in [5.41, 5.74) is 7.17. The first-order chi connectivity index (χ1) is 9.91. The molecule has 1 atom stereocenters. The number of nitrogens with two attached hydrogens (primary N) is 1. The van der Waals surface area contributed by atoms with Gasteiger partial charge in [0.2, 0.25) is 0 Å². The summed E-state index contributed by atoms with van der Waals surface area (Å²) in [6.45, 7) is 2.53. The highest BCUT2D eigenvalue weighted by Gasteiger charge is 2.27. The number of hydrogen-bond donors (Lipinski definition) is 2. The molecule has 1 aromatic carbocycles. The summed E-state index contributed by atoms with van der Waals surface area (Å²) in [6, 6.07) is 4.97. The molecule has 2 rings (SSSR count). The molecule has 0 spiro atoms. The van der Waals surface area contributed by atoms with Crippen molar-refractivity contribution in [2.45, 2.75) is 13.3 Å². The largest absolute Gasteiger partial charge is 0.462 e. The van der Waals surface area contributed by atoms with Crippen LogP contribution in [0, 0.1) is 5.92 Å². The number of rotatable bonds is 5. The summed E-state index contributed by atoms with van der Waals surface area (Å²) in [5, 5.41) is 3.14. The number of benzene rings is 1. The van der Waals surface area contributed by atoms with Gasteiger partial charge in [-0.2, -0.15) is 0 Å². The molecule has 0 radical (unpaired) electrons. The molecule has 1 heterocycles. The predicted molar refractivity (Wildman–Crippen MR) is 82.1 cm³/mol. The van der Waals surface area contributed by atoms with Crippen molar-refractivity contribution >= 4 is 27.2 Å². The number of sulfone groups is 1. The van der Waals surface area contributed by atoms with Gasteiger partial charge in [0, 0.05) is 17.9 Å². The normalized spacial score (nSPS) is 20.1. The van der Waals surface area contributed by atoms with Gasteiger partial charge < -0.3 is 15.8 Å². The molecule has 6 nitrogen and oxygen atoms in total. The maximum absolute atomic E-state index is 11.9. The standard InChI is InChI=1S/C14H20N2O4S/c1-2-20-14(17)12-7-11(15)3-4-13(12)16-8-10-5-6-21(18,19)9-10/h3-4,7,10,16H,2,5-6,8-9,15H2,1H3. The Bertz CT molecular complexity index is 628. The van der Waals surface area contributed by atoms with Gasteiger partial charge in [-0.3, -0.25) is 0 Å². The van der Waals surface area contributed by atoms with E-state index in [9.17, 15) is 13.2 Å². The van der Waals surface area contributed by atoms with E-state index in [0.717, 1.165) is 0 Å². The summed E-state index contributed by atoms with van der Waals surface area (Å²) in [6.07, 6.45) is 0.652. The zero-order chi connectivity index (χ0) is 15.5. The van der Waals surface area contributed by atoms with E-state index >= 15 is 0 Å². The molecule has 116 valence electrons. The molecule has 1 aliphatic heterocycles. The van der Waals surface area contributed by atoms with Crippen molar-refractivity contribution in [1.82, 2.24) is 0 Å². The lowest BCUT2D eigenvalue weighted by atomic mass is 10.1. The molecule has 0 saturated carbocycles. The Morgan fingerprint density at radius 3 is 2.86 bits per heavy atom. The molecule has 21 heavy (non-hydrogen) atoms. The number of nitrogens with one attached hydrogen (secondary N) is 1. The molecular formula is C14H20N2O4S. The molecule has 1 aliphatic rings. The van der Waals surface area contributed by atoms with Gasteiger partial charge in [-0.1, -0.05) is 0 Å². The van der Waals surface area contributed by atoms with Crippen molar-refractivity contribution in [3.8, 4) is 0 Å². The minimum Gasteiger partial charge on any atom is -0.462 e. The SMILES string of the molecule is CCOC(=O)c1cc(N)ccc1NCC1CCS(=O)(=O)C1. The molecule has 7 heteroatoms. The van der Waals surface area contributed by atoms with Gasteiger partial charge in [0.15, 0.2) is 9.84 Å². The van der Waals surface area contributed by atoms with Crippen molar-refractivity contribution in [1.29, 1.82) is 0 Å². The number of carbonyl (C=O) groups is 1. The van der Waals surface area contributed by atoms with E-state index in [1.54, 1.807) is 25.1 Å². The minimum absolute atomic E-state index is 0.0719. The third-order valence-electron chi connectivity index (χ3n) is 3.45. The van der Waals surface area contributed by atoms with E-state index < -0.39 is 15.8 Å². The van der Waals surface area contributed by atoms with Crippen LogP contribution in [0.4, 0.5) is 11.4 Å². The lowest BCUT2D eigenvalue weighted by Crippen LogP contribution is -2.18. The first-order valence-electron chi connectivity index (χ1n) is 6.92. The molecule has 3 N–H and O–H groups in total. The molecular weight excluding hydrogens is 292 g/mol. The Balaban J connectivity index is 2.07. The highest BCUT2D eigenvalue weighted by Crippen LogP contribution is 2.23. The van der Waals surface area contributed by atoms with Gasteiger partial charge >= 0.3 is 5.97 Å². The van der Waals surface area contributed by atoms with Gasteiger partial charge in [-0.15, -0.1) is 0 Å². The number of hydrogen-bond acceptors (Lipinski definition) is 6. The summed E-state index contributed by atoms with van der Waals surface area (Å²) in [5.74, 6) is 0.0733. The van der Waals surface area contributed by atoms with Crippen LogP contribution < -0.4 is 11.1 Å². The average Bonchev–Trinajstić information content (AvgIpc) is 2.77. The van der Waals surface area contributed by atoms with Crippen molar-refractivity contribution in [2.24, 2.45) is 5.92 Å². The number of ether oxygens (including phenoxy) is 1. The monoisotopic (exact) mass is 312 g/mol. The van der Waals surface area contributed by atoms with Crippen LogP contribution in [0.1, 0.15) is 23.7 Å². The van der Waals surface area contributed by atoms with Crippen molar-refractivity contribution in [3.05, 3.63) is 23.8 Å². The quantitative estimate of drug-likeness (QED) is 0.628. The van der Waals surface area contributed by atoms with E-state index in [-0.39, 0.29) is 24.0 Å². The summed E-state index contributed by atoms with van der Waals surface area (Å²) in [7, 11) is -2.89. The maximum atomic E-state index is 11.9. The third kappa shape index (κ3) is 4.10. The summed E-state index contributed by atoms with van der Waals surface area (Å²) < 4.78 is 27.9. The lowest BCUT2D eigenvalue weighted by molar-refractivity contribution is 0.0527. The molecule has 0 amide bonds. The van der Waals surface area contributed by atoms with Crippen LogP contribution in [-0.2, 0) is 14.6 Å². The van der Waals surface area contributed by atoms with Crippen LogP contribution in [0.3, 0.4) is 0 Å². The molecule has 0 aromatic heterocycles. The average molecular weight is 312 g/mol. The molecule has 1 fully saturated rings. The Labute approximate surface area is 124 Å². The van der Waals surface area contributed by atoms with Crippen molar-refractivity contribution in [2.75, 3.05) is 35.7 Å². The van der Waals surface area contributed by atoms with E-state index in [0.29, 0.717) is 29.9 Å². The highest BCUT2D eigenvalue weighted by molar-refractivity contribution is 7.91. The summed E-state index contributed by atoms with van der Waals surface area (Å²) >= 11 is 0. The predicted octanol–water partition coefficient (Wildman–Crippen LogP) is 1.29. The van der Waals surface area contributed by atoms with Gasteiger partial charge in [0.1, 0.15) is 0 Å². The van der Waals surface area contributed by atoms with Crippen LogP contribution in [-0.4, -0.2) is 39.0 Å². The van der Waals surface area contributed by atoms with Crippen molar-refractivity contribution in [3.63, 3.8) is 0 Å². The second-order valence-corrected chi connectivity index (χ2v) is 7.40. The van der Waals surface area contributed by atoms with E-state index in [4.69, 9.17) is 10.5 Å². The fourth-order valence-electron chi connectivity index (χ4n) is 2.38. The smallest absolute Gasteiger partial charge is 0.340 e. The van der Waals surface area contributed by atoms with Crippen LogP contribution in [0.25, 0.3) is 0 Å². The van der Waals surface area contributed by atoms with E-state index in [1.165, 1.54) is 0 Å². The van der Waals surface area contributed by atoms with Gasteiger partial charge in [0.25, 0.3) is 0 Å². The van der Waals surface area contributed by atoms with Crippen LogP contribution in [0.15, 0.2) is 18.2 Å². The van der Waals surface area contributed by atoms with Gasteiger partial charge in [-0.05, 0) is 37.5 Å². The van der Waals surface area contributed by atoms with Crippen LogP contribution >= 0.6 is 0 Å². The lowest BCUT2D eigenvalue weighted by Gasteiger charge is -2.14. The Morgan fingerprint density at radius 2 is 2.24 bits per heavy atom.